The van der Waals surface area contributed by atoms with Gasteiger partial charge in [0.15, 0.2) is 6.10 Å². The fourth-order valence-corrected chi connectivity index (χ4v) is 1.53. The molecule has 5 nitrogen and oxygen atoms in total. The van der Waals surface area contributed by atoms with Crippen molar-refractivity contribution in [3.05, 3.63) is 30.3 Å². The molecule has 0 bridgehead atoms. The molecule has 0 aliphatic carbocycles. The van der Waals surface area contributed by atoms with E-state index in [0.717, 1.165) is 0 Å². The monoisotopic (exact) mass is 210 g/mol. The Hall–Kier alpha value is -1.14. The smallest absolute Gasteiger partial charge is 0.280 e. The summed E-state index contributed by atoms with van der Waals surface area (Å²) in [5.41, 5.74) is 0. The molecule has 15 heavy (non-hydrogen) atoms. The molecule has 0 amide bonds. The summed E-state index contributed by atoms with van der Waals surface area (Å²) < 4.78 is 10.4. The van der Waals surface area contributed by atoms with Crippen molar-refractivity contribution in [3.63, 3.8) is 0 Å². The Kier molecular flexibility index (Phi) is 2.62. The third kappa shape index (κ3) is 1.70. The van der Waals surface area contributed by atoms with E-state index in [1.165, 1.54) is 12.1 Å². The van der Waals surface area contributed by atoms with Gasteiger partial charge in [0.25, 0.3) is 5.91 Å². The number of nitrogens with zero attached hydrogens (tertiary/aromatic N) is 1. The molecule has 0 saturated carbocycles. The third-order valence-corrected chi connectivity index (χ3v) is 2.52. The molecule has 2 atom stereocenters. The van der Waals surface area contributed by atoms with Gasteiger partial charge < -0.3 is 14.6 Å². The number of hydrogen-bond acceptors (Lipinski definition) is 5. The van der Waals surface area contributed by atoms with Crippen molar-refractivity contribution < 1.29 is 14.6 Å². The molecule has 1 aliphatic rings. The minimum Gasteiger partial charge on any atom is -0.482 e. The quantitative estimate of drug-likeness (QED) is 0.539. The van der Waals surface area contributed by atoms with E-state index < -0.39 is 12.0 Å². The maximum absolute atomic E-state index is 9.86. The van der Waals surface area contributed by atoms with Crippen LogP contribution in [0.4, 0.5) is 0 Å². The molecule has 3 N–H and O–H groups in total. The van der Waals surface area contributed by atoms with E-state index in [2.05, 4.69) is 0 Å². The number of rotatable bonds is 3. The molecular formula is C10H14N2O3. The van der Waals surface area contributed by atoms with Gasteiger partial charge in [-0.1, -0.05) is 18.2 Å². The van der Waals surface area contributed by atoms with Crippen LogP contribution in [0.2, 0.25) is 0 Å². The first kappa shape index (κ1) is 10.4. The van der Waals surface area contributed by atoms with E-state index in [1.807, 2.05) is 30.3 Å². The van der Waals surface area contributed by atoms with E-state index in [0.29, 0.717) is 12.3 Å². The van der Waals surface area contributed by atoms with Crippen molar-refractivity contribution in [1.29, 1.82) is 0 Å². The van der Waals surface area contributed by atoms with Crippen LogP contribution in [-0.2, 0) is 4.74 Å². The highest BCUT2D eigenvalue weighted by molar-refractivity contribution is 5.22. The lowest BCUT2D eigenvalue weighted by molar-refractivity contribution is -0.378. The molecule has 1 heterocycles. The zero-order valence-corrected chi connectivity index (χ0v) is 8.46. The maximum Gasteiger partial charge on any atom is 0.280 e. The van der Waals surface area contributed by atoms with Crippen LogP contribution in [0.25, 0.3) is 0 Å². The zero-order valence-electron chi connectivity index (χ0n) is 8.46. The summed E-state index contributed by atoms with van der Waals surface area (Å²) in [7, 11) is 1.39. The van der Waals surface area contributed by atoms with Crippen molar-refractivity contribution >= 4 is 0 Å². The average Bonchev–Trinajstić information content (AvgIpc) is 2.29. The van der Waals surface area contributed by atoms with Crippen LogP contribution in [0.3, 0.4) is 0 Å². The van der Waals surface area contributed by atoms with Gasteiger partial charge in [0.2, 0.25) is 0 Å². The second-order valence-electron chi connectivity index (χ2n) is 3.43. The van der Waals surface area contributed by atoms with Crippen molar-refractivity contribution in [1.82, 2.24) is 5.01 Å². The number of ether oxygens (including phenoxy) is 2. The summed E-state index contributed by atoms with van der Waals surface area (Å²) in [6.07, 6.45) is -0.463. The number of nitrogens with two attached hydrogens (primary N) is 1. The normalized spacial score (nSPS) is 31.0. The van der Waals surface area contributed by atoms with E-state index in [4.69, 9.17) is 15.3 Å². The number of hydrazine groups is 1. The predicted octanol–water partition coefficient (Wildman–Crippen LogP) is -0.0842. The first-order chi connectivity index (χ1) is 7.16. The zero-order chi connectivity index (χ0) is 10.9. The molecule has 1 aliphatic heterocycles. The fraction of sp³-hybridized carbons (Fsp3) is 0.400. The highest BCUT2D eigenvalue weighted by Gasteiger charge is 2.54. The van der Waals surface area contributed by atoms with Crippen LogP contribution in [0.5, 0.6) is 5.75 Å². The van der Waals surface area contributed by atoms with Gasteiger partial charge in [-0.15, -0.1) is 0 Å². The van der Waals surface area contributed by atoms with Crippen LogP contribution >= 0.6 is 0 Å². The van der Waals surface area contributed by atoms with Crippen LogP contribution in [0.15, 0.2) is 30.3 Å². The lowest BCUT2D eigenvalue weighted by Gasteiger charge is -2.49. The van der Waals surface area contributed by atoms with Crippen LogP contribution < -0.4 is 10.6 Å². The van der Waals surface area contributed by atoms with Gasteiger partial charge in [0, 0.05) is 7.11 Å². The summed E-state index contributed by atoms with van der Waals surface area (Å²) in [5, 5.41) is 11.1. The molecule has 5 heteroatoms. The second-order valence-corrected chi connectivity index (χ2v) is 3.43. The van der Waals surface area contributed by atoms with Gasteiger partial charge in [-0.25, -0.2) is 0 Å². The Balaban J connectivity index is 2.03. The number of hydrogen-bond donors (Lipinski definition) is 2. The highest BCUT2D eigenvalue weighted by atomic mass is 16.7. The molecule has 2 unspecified atom stereocenters. The summed E-state index contributed by atoms with van der Waals surface area (Å²) in [6.45, 7) is 0.430. The second kappa shape index (κ2) is 3.79. The van der Waals surface area contributed by atoms with Gasteiger partial charge in [0.05, 0.1) is 6.54 Å². The first-order valence-corrected chi connectivity index (χ1v) is 4.68. The van der Waals surface area contributed by atoms with Gasteiger partial charge in [-0.2, -0.15) is 5.01 Å². The van der Waals surface area contributed by atoms with Crippen molar-refractivity contribution in [2.24, 2.45) is 5.84 Å². The molecule has 1 aromatic rings. The molecule has 1 aromatic carbocycles. The molecule has 1 saturated heterocycles. The summed E-state index contributed by atoms with van der Waals surface area (Å²) in [4.78, 5) is 0. The van der Waals surface area contributed by atoms with Crippen molar-refractivity contribution in [3.8, 4) is 5.75 Å². The molecule has 1 fully saturated rings. The molecule has 2 rings (SSSR count). The van der Waals surface area contributed by atoms with E-state index in [-0.39, 0.29) is 0 Å². The standard InChI is InChI=1S/C10H14N2O3/c1-14-10(13)9(7-12(10)11)15-8-5-3-2-4-6-8/h2-6,9,13H,7,11H2,1H3. The minimum absolute atomic E-state index is 0.430. The van der Waals surface area contributed by atoms with Gasteiger partial charge >= 0.3 is 0 Å². The Morgan fingerprint density at radius 2 is 2.13 bits per heavy atom. The van der Waals surface area contributed by atoms with Crippen LogP contribution in [0.1, 0.15) is 0 Å². The molecule has 0 radical (unpaired) electrons. The van der Waals surface area contributed by atoms with Gasteiger partial charge in [-0.05, 0) is 12.1 Å². The van der Waals surface area contributed by atoms with E-state index >= 15 is 0 Å². The van der Waals surface area contributed by atoms with Gasteiger partial charge in [-0.3, -0.25) is 5.84 Å². The minimum atomic E-state index is -1.52. The van der Waals surface area contributed by atoms with Crippen LogP contribution in [-0.4, -0.2) is 35.8 Å². The topological polar surface area (TPSA) is 68.0 Å². The van der Waals surface area contributed by atoms with E-state index in [9.17, 15) is 5.11 Å². The van der Waals surface area contributed by atoms with Crippen LogP contribution in [0, 0.1) is 0 Å². The summed E-state index contributed by atoms with van der Waals surface area (Å²) >= 11 is 0. The first-order valence-electron chi connectivity index (χ1n) is 4.68. The molecule has 82 valence electrons. The highest BCUT2D eigenvalue weighted by Crippen LogP contribution is 2.29. The largest absolute Gasteiger partial charge is 0.482 e. The fourth-order valence-electron chi connectivity index (χ4n) is 1.53. The Labute approximate surface area is 88.0 Å². The lowest BCUT2D eigenvalue weighted by Crippen LogP contribution is -2.76. The number of aliphatic hydroxyl groups is 1. The average molecular weight is 210 g/mol. The maximum atomic E-state index is 9.86. The molecular weight excluding hydrogens is 196 g/mol. The summed E-state index contributed by atoms with van der Waals surface area (Å²) in [5.74, 6) is 4.66. The van der Waals surface area contributed by atoms with Crippen molar-refractivity contribution in [2.75, 3.05) is 13.7 Å². The Morgan fingerprint density at radius 1 is 1.47 bits per heavy atom. The molecule has 0 spiro atoms. The molecule has 0 aromatic heterocycles. The predicted molar refractivity (Wildman–Crippen MR) is 53.7 cm³/mol. The number of benzene rings is 1. The number of methoxy groups -OCH3 is 1. The third-order valence-electron chi connectivity index (χ3n) is 2.52. The summed E-state index contributed by atoms with van der Waals surface area (Å²) in [6, 6.07) is 9.25. The SMILES string of the molecule is COC1(O)C(Oc2ccccc2)CN1N. The van der Waals surface area contributed by atoms with Gasteiger partial charge in [0.1, 0.15) is 5.75 Å². The Morgan fingerprint density at radius 3 is 2.67 bits per heavy atom. The van der Waals surface area contributed by atoms with Crippen molar-refractivity contribution in [2.45, 2.75) is 12.0 Å². The lowest BCUT2D eigenvalue weighted by atomic mass is 10.1. The Bertz CT molecular complexity index is 333. The van der Waals surface area contributed by atoms with E-state index in [1.54, 1.807) is 0 Å². The number of para-hydroxylation sites is 1.